The average molecular weight is 517 g/mol. The van der Waals surface area contributed by atoms with Crippen molar-refractivity contribution in [1.29, 1.82) is 0 Å². The van der Waals surface area contributed by atoms with Gasteiger partial charge in [-0.05, 0) is 25.0 Å². The first kappa shape index (κ1) is 23.1. The van der Waals surface area contributed by atoms with E-state index in [1.54, 1.807) is 0 Å². The van der Waals surface area contributed by atoms with E-state index >= 15 is 4.39 Å². The first-order chi connectivity index (χ1) is 16.1. The third kappa shape index (κ3) is 3.85. The highest BCUT2D eigenvalue weighted by Gasteiger charge is 2.40. The van der Waals surface area contributed by atoms with Crippen LogP contribution >= 0.6 is 23.2 Å². The zero-order valence-corrected chi connectivity index (χ0v) is 19.2. The Morgan fingerprint density at radius 2 is 1.76 bits per heavy atom. The highest BCUT2D eigenvalue weighted by atomic mass is 35.5. The molecule has 0 amide bonds. The minimum atomic E-state index is -4.94. The van der Waals surface area contributed by atoms with Gasteiger partial charge in [-0.25, -0.2) is 9.37 Å². The van der Waals surface area contributed by atoms with Crippen molar-refractivity contribution in [3.05, 3.63) is 33.6 Å². The standard InChI is InChI=1S/C21H18Cl2F4N6O/c1-34-20-31-17-10(19(32-20)33-6-8-2-3-9(7-33)29-8)4-11(22)14(16(17)24)18-15(21(25,26)27)12(23)5-13(28)30-18/h4-5,8-9,29H,2-3,6-7H2,1H3,(H2,28,30). The second kappa shape index (κ2) is 8.24. The number of pyridine rings is 1. The van der Waals surface area contributed by atoms with Crippen molar-refractivity contribution >= 4 is 45.7 Å². The molecule has 1 aromatic carbocycles. The van der Waals surface area contributed by atoms with E-state index in [9.17, 15) is 13.2 Å². The number of hydrogen-bond donors (Lipinski definition) is 2. The lowest BCUT2D eigenvalue weighted by Crippen LogP contribution is -2.51. The van der Waals surface area contributed by atoms with Gasteiger partial charge in [0.2, 0.25) is 0 Å². The molecule has 7 nitrogen and oxygen atoms in total. The van der Waals surface area contributed by atoms with Crippen LogP contribution in [-0.4, -0.2) is 47.2 Å². The summed E-state index contributed by atoms with van der Waals surface area (Å²) in [4.78, 5) is 14.2. The number of methoxy groups -OCH3 is 1. The molecule has 2 bridgehead atoms. The van der Waals surface area contributed by atoms with Crippen molar-refractivity contribution in [2.75, 3.05) is 30.8 Å². The number of fused-ring (bicyclic) bond motifs is 3. The summed E-state index contributed by atoms with van der Waals surface area (Å²) in [5.41, 5.74) is 2.61. The van der Waals surface area contributed by atoms with Gasteiger partial charge < -0.3 is 20.7 Å². The van der Waals surface area contributed by atoms with Crippen molar-refractivity contribution in [3.63, 3.8) is 0 Å². The van der Waals surface area contributed by atoms with Gasteiger partial charge in [-0.2, -0.15) is 23.1 Å². The number of nitrogens with one attached hydrogen (secondary N) is 1. The Kier molecular flexibility index (Phi) is 5.61. The number of nitrogens with zero attached hydrogens (tertiary/aromatic N) is 4. The summed E-state index contributed by atoms with van der Waals surface area (Å²) in [6, 6.07) is 2.56. The smallest absolute Gasteiger partial charge is 0.419 e. The third-order valence-electron chi connectivity index (χ3n) is 6.05. The normalized spacial score (nSPS) is 20.3. The number of aromatic nitrogens is 3. The molecule has 5 rings (SSSR count). The van der Waals surface area contributed by atoms with E-state index in [1.165, 1.54) is 13.2 Å². The second-order valence-electron chi connectivity index (χ2n) is 8.27. The van der Waals surface area contributed by atoms with Gasteiger partial charge in [0.15, 0.2) is 5.82 Å². The van der Waals surface area contributed by atoms with E-state index in [4.69, 9.17) is 33.7 Å². The third-order valence-corrected chi connectivity index (χ3v) is 6.65. The zero-order valence-electron chi connectivity index (χ0n) is 17.7. The van der Waals surface area contributed by atoms with Gasteiger partial charge in [0, 0.05) is 30.6 Å². The summed E-state index contributed by atoms with van der Waals surface area (Å²) < 4.78 is 62.6. The number of anilines is 2. The number of hydrogen-bond acceptors (Lipinski definition) is 7. The molecule has 2 aliphatic heterocycles. The molecule has 3 N–H and O–H groups in total. The highest BCUT2D eigenvalue weighted by Crippen LogP contribution is 2.46. The molecule has 13 heteroatoms. The summed E-state index contributed by atoms with van der Waals surface area (Å²) in [7, 11) is 1.32. The Bertz CT molecular complexity index is 1290. The molecular formula is C21H18Cl2F4N6O. The van der Waals surface area contributed by atoms with Gasteiger partial charge in [-0.3, -0.25) is 0 Å². The van der Waals surface area contributed by atoms with Crippen molar-refractivity contribution in [3.8, 4) is 17.3 Å². The maximum absolute atomic E-state index is 15.9. The Hall–Kier alpha value is -2.63. The van der Waals surface area contributed by atoms with Crippen LogP contribution in [0.25, 0.3) is 22.2 Å². The monoisotopic (exact) mass is 516 g/mol. The molecular weight excluding hydrogens is 499 g/mol. The maximum Gasteiger partial charge on any atom is 0.419 e. The Labute approximate surface area is 201 Å². The van der Waals surface area contributed by atoms with Crippen LogP contribution in [0.1, 0.15) is 18.4 Å². The highest BCUT2D eigenvalue weighted by molar-refractivity contribution is 6.35. The topological polar surface area (TPSA) is 89.2 Å². The fraction of sp³-hybridized carbons (Fsp3) is 0.381. The molecule has 2 aromatic heterocycles. The number of benzene rings is 1. The van der Waals surface area contributed by atoms with Crippen molar-refractivity contribution in [2.24, 2.45) is 0 Å². The van der Waals surface area contributed by atoms with E-state index in [1.807, 2.05) is 4.90 Å². The second-order valence-corrected chi connectivity index (χ2v) is 9.09. The zero-order chi connectivity index (χ0) is 24.4. The van der Waals surface area contributed by atoms with Gasteiger partial charge in [0.1, 0.15) is 22.7 Å². The fourth-order valence-electron chi connectivity index (χ4n) is 4.66. The quantitative estimate of drug-likeness (QED) is 0.488. The van der Waals surface area contributed by atoms with Crippen molar-refractivity contribution in [2.45, 2.75) is 31.1 Å². The molecule has 0 aliphatic carbocycles. The molecule has 0 spiro atoms. The molecule has 2 unspecified atom stereocenters. The summed E-state index contributed by atoms with van der Waals surface area (Å²) in [6.45, 7) is 1.24. The summed E-state index contributed by atoms with van der Waals surface area (Å²) in [6.07, 6.45) is -2.93. The molecule has 3 aromatic rings. The molecule has 180 valence electrons. The first-order valence-electron chi connectivity index (χ1n) is 10.3. The van der Waals surface area contributed by atoms with Crippen LogP contribution in [0.15, 0.2) is 12.1 Å². The lowest BCUT2D eigenvalue weighted by atomic mass is 10.0. The minimum Gasteiger partial charge on any atom is -0.467 e. The van der Waals surface area contributed by atoms with Crippen LogP contribution in [0.5, 0.6) is 6.01 Å². The average Bonchev–Trinajstić information content (AvgIpc) is 3.09. The summed E-state index contributed by atoms with van der Waals surface area (Å²) in [5.74, 6) is -1.04. The predicted molar refractivity (Wildman–Crippen MR) is 121 cm³/mol. The first-order valence-corrected chi connectivity index (χ1v) is 11.1. The Morgan fingerprint density at radius 1 is 1.09 bits per heavy atom. The van der Waals surface area contributed by atoms with Crippen LogP contribution in [-0.2, 0) is 6.18 Å². The van der Waals surface area contributed by atoms with Crippen LogP contribution in [0, 0.1) is 5.82 Å². The Morgan fingerprint density at radius 3 is 2.38 bits per heavy atom. The molecule has 2 aliphatic rings. The fourth-order valence-corrected chi connectivity index (χ4v) is 5.25. The number of rotatable bonds is 3. The van der Waals surface area contributed by atoms with E-state index in [2.05, 4.69) is 20.3 Å². The Balaban J connectivity index is 1.76. The molecule has 4 heterocycles. The van der Waals surface area contributed by atoms with Crippen molar-refractivity contribution in [1.82, 2.24) is 20.3 Å². The van der Waals surface area contributed by atoms with E-state index in [-0.39, 0.29) is 39.8 Å². The van der Waals surface area contributed by atoms with Gasteiger partial charge in [0.25, 0.3) is 0 Å². The molecule has 34 heavy (non-hydrogen) atoms. The number of nitrogens with two attached hydrogens (primary N) is 1. The maximum atomic E-state index is 15.9. The van der Waals surface area contributed by atoms with Gasteiger partial charge in [-0.1, -0.05) is 23.2 Å². The largest absolute Gasteiger partial charge is 0.467 e. The van der Waals surface area contributed by atoms with E-state index in [0.29, 0.717) is 18.9 Å². The number of nitrogen functional groups attached to an aromatic ring is 1. The molecule has 0 radical (unpaired) electrons. The SMILES string of the molecule is COc1nc(N2CC3CCC(C2)N3)c2cc(Cl)c(-c3nc(N)cc(Cl)c3C(F)(F)F)c(F)c2n1. The number of ether oxygens (including phenoxy) is 1. The minimum absolute atomic E-state index is 0.129. The van der Waals surface area contributed by atoms with Crippen LogP contribution in [0.3, 0.4) is 0 Å². The summed E-state index contributed by atoms with van der Waals surface area (Å²) >= 11 is 12.2. The number of halogens is 6. The lowest BCUT2D eigenvalue weighted by molar-refractivity contribution is -0.137. The number of alkyl halides is 3. The van der Waals surface area contributed by atoms with Crippen LogP contribution in [0.2, 0.25) is 10.0 Å². The molecule has 2 atom stereocenters. The van der Waals surface area contributed by atoms with Crippen LogP contribution < -0.4 is 20.7 Å². The summed E-state index contributed by atoms with van der Waals surface area (Å²) in [5, 5.41) is 2.72. The van der Waals surface area contributed by atoms with Gasteiger partial charge >= 0.3 is 12.2 Å². The van der Waals surface area contributed by atoms with E-state index < -0.39 is 33.8 Å². The lowest BCUT2D eigenvalue weighted by Gasteiger charge is -2.34. The van der Waals surface area contributed by atoms with Crippen LogP contribution in [0.4, 0.5) is 29.2 Å². The van der Waals surface area contributed by atoms with E-state index in [0.717, 1.165) is 18.9 Å². The van der Waals surface area contributed by atoms with Gasteiger partial charge in [0.05, 0.1) is 28.4 Å². The predicted octanol–water partition coefficient (Wildman–Crippen LogP) is 4.69. The number of piperazine rings is 1. The molecule has 2 saturated heterocycles. The van der Waals surface area contributed by atoms with Crippen molar-refractivity contribution < 1.29 is 22.3 Å². The molecule has 2 fully saturated rings. The molecule has 0 saturated carbocycles. The van der Waals surface area contributed by atoms with Gasteiger partial charge in [-0.15, -0.1) is 0 Å².